The fourth-order valence-corrected chi connectivity index (χ4v) is 2.03. The summed E-state index contributed by atoms with van der Waals surface area (Å²) in [5.41, 5.74) is 4.59. The van der Waals surface area contributed by atoms with Crippen LogP contribution in [0.2, 0.25) is 0 Å². The molecule has 1 atom stereocenters. The van der Waals surface area contributed by atoms with Crippen LogP contribution in [-0.2, 0) is 0 Å². The van der Waals surface area contributed by atoms with Gasteiger partial charge in [-0.25, -0.2) is 9.82 Å². The second-order valence-corrected chi connectivity index (χ2v) is 4.43. The van der Waals surface area contributed by atoms with Crippen molar-refractivity contribution in [3.8, 4) is 5.69 Å². The fourth-order valence-electron chi connectivity index (χ4n) is 2.03. The predicted octanol–water partition coefficient (Wildman–Crippen LogP) is 1.35. The van der Waals surface area contributed by atoms with Gasteiger partial charge in [0.2, 0.25) is 0 Å². The van der Waals surface area contributed by atoms with Gasteiger partial charge < -0.3 is 0 Å². The van der Waals surface area contributed by atoms with Gasteiger partial charge in [-0.3, -0.25) is 10.8 Å². The average Bonchev–Trinajstić information content (AvgIpc) is 2.99. The number of nitrogens with zero attached hydrogens (tertiary/aromatic N) is 4. The second-order valence-electron chi connectivity index (χ2n) is 4.43. The molecule has 2 aromatic heterocycles. The zero-order valence-corrected chi connectivity index (χ0v) is 11.0. The highest BCUT2D eigenvalue weighted by atomic mass is 19.1. The van der Waals surface area contributed by atoms with Gasteiger partial charge >= 0.3 is 0 Å². The van der Waals surface area contributed by atoms with Crippen LogP contribution in [0, 0.1) is 5.82 Å². The molecule has 1 unspecified atom stereocenters. The van der Waals surface area contributed by atoms with Gasteiger partial charge in [0.15, 0.2) is 0 Å². The maximum absolute atomic E-state index is 13.3. The smallest absolute Gasteiger partial charge is 0.141 e. The Morgan fingerprint density at radius 3 is 2.67 bits per heavy atom. The lowest BCUT2D eigenvalue weighted by Crippen LogP contribution is -2.29. The van der Waals surface area contributed by atoms with Crippen molar-refractivity contribution in [3.05, 3.63) is 72.1 Å². The van der Waals surface area contributed by atoms with Crippen molar-refractivity contribution in [1.82, 2.24) is 25.4 Å². The summed E-state index contributed by atoms with van der Waals surface area (Å²) in [5, 5.41) is 8.57. The Morgan fingerprint density at radius 1 is 1.14 bits per heavy atom. The van der Waals surface area contributed by atoms with Crippen LogP contribution in [0.5, 0.6) is 0 Å². The lowest BCUT2D eigenvalue weighted by Gasteiger charge is -2.12. The highest BCUT2D eigenvalue weighted by Gasteiger charge is 2.17. The van der Waals surface area contributed by atoms with E-state index >= 15 is 0 Å². The van der Waals surface area contributed by atoms with Crippen LogP contribution >= 0.6 is 0 Å². The van der Waals surface area contributed by atoms with Gasteiger partial charge in [0.05, 0.1) is 24.1 Å². The number of rotatable bonds is 4. The quantitative estimate of drug-likeness (QED) is 0.558. The fraction of sp³-hybridized carbons (Fsp3) is 0.0714. The Hall–Kier alpha value is -2.64. The number of hydrogen-bond acceptors (Lipinski definition) is 5. The van der Waals surface area contributed by atoms with E-state index < -0.39 is 11.9 Å². The highest BCUT2D eigenvalue weighted by Crippen LogP contribution is 2.19. The van der Waals surface area contributed by atoms with E-state index in [4.69, 9.17) is 5.84 Å². The monoisotopic (exact) mass is 284 g/mol. The predicted molar refractivity (Wildman–Crippen MR) is 74.7 cm³/mol. The zero-order chi connectivity index (χ0) is 14.7. The molecule has 106 valence electrons. The van der Waals surface area contributed by atoms with E-state index in [1.54, 1.807) is 6.20 Å². The van der Waals surface area contributed by atoms with Crippen molar-refractivity contribution >= 4 is 0 Å². The number of pyridine rings is 1. The Balaban J connectivity index is 1.94. The van der Waals surface area contributed by atoms with Crippen molar-refractivity contribution < 1.29 is 4.39 Å². The number of hydrazine groups is 1. The van der Waals surface area contributed by atoms with Crippen molar-refractivity contribution in [2.45, 2.75) is 6.04 Å². The molecule has 3 N–H and O–H groups in total. The summed E-state index contributed by atoms with van der Waals surface area (Å²) in [6.07, 6.45) is 4.26. The summed E-state index contributed by atoms with van der Waals surface area (Å²) < 4.78 is 13.3. The third-order valence-electron chi connectivity index (χ3n) is 3.02. The van der Waals surface area contributed by atoms with E-state index in [1.807, 2.05) is 30.3 Å². The third-order valence-corrected chi connectivity index (χ3v) is 3.02. The van der Waals surface area contributed by atoms with Crippen LogP contribution in [0.15, 0.2) is 55.0 Å². The Morgan fingerprint density at radius 2 is 1.95 bits per heavy atom. The summed E-state index contributed by atoms with van der Waals surface area (Å²) in [6, 6.07) is 10.4. The van der Waals surface area contributed by atoms with E-state index in [9.17, 15) is 4.39 Å². The van der Waals surface area contributed by atoms with Crippen LogP contribution in [0.25, 0.3) is 5.69 Å². The molecule has 0 spiro atoms. The minimum Gasteiger partial charge on any atom is -0.271 e. The summed E-state index contributed by atoms with van der Waals surface area (Å²) in [4.78, 5) is 5.31. The van der Waals surface area contributed by atoms with Gasteiger partial charge in [-0.1, -0.05) is 18.2 Å². The molecule has 0 amide bonds. The summed E-state index contributed by atoms with van der Waals surface area (Å²) in [7, 11) is 0. The SMILES string of the molecule is NNC(c1cncc(F)c1)c1cnn(-c2ccccc2)n1. The van der Waals surface area contributed by atoms with E-state index in [2.05, 4.69) is 20.6 Å². The molecule has 2 heterocycles. The number of halogens is 1. The first-order chi connectivity index (χ1) is 10.3. The van der Waals surface area contributed by atoms with Gasteiger partial charge in [0.1, 0.15) is 11.5 Å². The Labute approximate surface area is 120 Å². The summed E-state index contributed by atoms with van der Waals surface area (Å²) in [6.45, 7) is 0. The molecule has 0 saturated heterocycles. The van der Waals surface area contributed by atoms with Crippen molar-refractivity contribution in [2.24, 2.45) is 5.84 Å². The topological polar surface area (TPSA) is 81.6 Å². The first-order valence-corrected chi connectivity index (χ1v) is 6.32. The molecule has 7 heteroatoms. The van der Waals surface area contributed by atoms with Crippen LogP contribution in [0.1, 0.15) is 17.3 Å². The molecular weight excluding hydrogens is 271 g/mol. The number of benzene rings is 1. The first kappa shape index (κ1) is 13.3. The van der Waals surface area contributed by atoms with Crippen LogP contribution in [0.4, 0.5) is 4.39 Å². The minimum absolute atomic E-state index is 0.428. The van der Waals surface area contributed by atoms with E-state index in [-0.39, 0.29) is 0 Å². The highest BCUT2D eigenvalue weighted by molar-refractivity contribution is 5.30. The number of hydrogen-bond donors (Lipinski definition) is 2. The van der Waals surface area contributed by atoms with Gasteiger partial charge in [0, 0.05) is 6.20 Å². The van der Waals surface area contributed by atoms with E-state index in [0.717, 1.165) is 11.9 Å². The summed E-state index contributed by atoms with van der Waals surface area (Å²) in [5.74, 6) is 5.13. The molecule has 6 nitrogen and oxygen atoms in total. The Bertz CT molecular complexity index is 727. The summed E-state index contributed by atoms with van der Waals surface area (Å²) >= 11 is 0. The molecule has 3 rings (SSSR count). The van der Waals surface area contributed by atoms with Gasteiger partial charge in [-0.05, 0) is 23.8 Å². The van der Waals surface area contributed by atoms with Crippen LogP contribution < -0.4 is 11.3 Å². The molecule has 3 aromatic rings. The van der Waals surface area contributed by atoms with Gasteiger partial charge in [0.25, 0.3) is 0 Å². The average molecular weight is 284 g/mol. The molecule has 0 radical (unpaired) electrons. The normalized spacial score (nSPS) is 12.3. The maximum Gasteiger partial charge on any atom is 0.141 e. The molecule has 1 aromatic carbocycles. The largest absolute Gasteiger partial charge is 0.271 e. The van der Waals surface area contributed by atoms with Crippen molar-refractivity contribution in [1.29, 1.82) is 0 Å². The van der Waals surface area contributed by atoms with Crippen LogP contribution in [0.3, 0.4) is 0 Å². The molecule has 0 fully saturated rings. The number of nitrogens with two attached hydrogens (primary N) is 1. The first-order valence-electron chi connectivity index (χ1n) is 6.32. The Kier molecular flexibility index (Phi) is 3.67. The van der Waals surface area contributed by atoms with Crippen molar-refractivity contribution in [3.63, 3.8) is 0 Å². The standard InChI is InChI=1S/C14H13FN6/c15-11-6-10(7-17-8-11)14(19-16)13-9-18-21(20-13)12-4-2-1-3-5-12/h1-9,14,19H,16H2. The van der Waals surface area contributed by atoms with E-state index in [0.29, 0.717) is 11.3 Å². The molecule has 0 saturated carbocycles. The third kappa shape index (κ3) is 2.78. The molecule has 0 aliphatic carbocycles. The maximum atomic E-state index is 13.3. The zero-order valence-electron chi connectivity index (χ0n) is 11.0. The lowest BCUT2D eigenvalue weighted by molar-refractivity contribution is 0.586. The van der Waals surface area contributed by atoms with Gasteiger partial charge in [-0.2, -0.15) is 15.0 Å². The molecule has 0 bridgehead atoms. The van der Waals surface area contributed by atoms with E-state index in [1.165, 1.54) is 17.1 Å². The van der Waals surface area contributed by atoms with Gasteiger partial charge in [-0.15, -0.1) is 0 Å². The lowest BCUT2D eigenvalue weighted by atomic mass is 10.1. The van der Waals surface area contributed by atoms with Crippen LogP contribution in [-0.4, -0.2) is 20.0 Å². The van der Waals surface area contributed by atoms with Crippen molar-refractivity contribution in [2.75, 3.05) is 0 Å². The molecule has 0 aliphatic heterocycles. The molecule has 21 heavy (non-hydrogen) atoms. The number of aromatic nitrogens is 4. The molecule has 0 aliphatic rings. The minimum atomic E-state index is -0.481. The number of para-hydroxylation sites is 1. The molecular formula is C14H13FN6. The number of nitrogens with one attached hydrogen (secondary N) is 1. The second kappa shape index (κ2) is 5.78.